The van der Waals surface area contributed by atoms with Gasteiger partial charge in [-0.2, -0.15) is 0 Å². The molecule has 22 heavy (non-hydrogen) atoms. The largest absolute Gasteiger partial charge is 0.508 e. The third-order valence-electron chi connectivity index (χ3n) is 4.49. The molecule has 0 unspecified atom stereocenters. The fourth-order valence-corrected chi connectivity index (χ4v) is 3.37. The van der Waals surface area contributed by atoms with Crippen LogP contribution in [-0.4, -0.2) is 18.8 Å². The molecule has 116 valence electrons. The van der Waals surface area contributed by atoms with Gasteiger partial charge in [-0.3, -0.25) is 0 Å². The molecule has 0 bridgehead atoms. The van der Waals surface area contributed by atoms with Gasteiger partial charge in [0.05, 0.1) is 7.11 Å². The summed E-state index contributed by atoms with van der Waals surface area (Å²) in [6.07, 6.45) is 3.16. The van der Waals surface area contributed by atoms with Crippen molar-refractivity contribution in [2.75, 3.05) is 19.0 Å². The molecule has 0 fully saturated rings. The molecule has 0 saturated carbocycles. The Morgan fingerprint density at radius 2 is 2.05 bits per heavy atom. The maximum absolute atomic E-state index is 9.62. The minimum absolute atomic E-state index is 0.370. The average molecular weight is 297 g/mol. The fraction of sp³-hybridized carbons (Fsp3) is 0.368. The third-order valence-corrected chi connectivity index (χ3v) is 4.49. The molecule has 0 saturated heterocycles. The van der Waals surface area contributed by atoms with Crippen molar-refractivity contribution in [2.24, 2.45) is 0 Å². The van der Waals surface area contributed by atoms with Crippen molar-refractivity contribution in [3.63, 3.8) is 0 Å². The van der Waals surface area contributed by atoms with Crippen molar-refractivity contribution >= 4 is 5.69 Å². The summed E-state index contributed by atoms with van der Waals surface area (Å²) in [6.45, 7) is 3.01. The quantitative estimate of drug-likeness (QED) is 0.892. The molecular weight excluding hydrogens is 274 g/mol. The number of methoxy groups -OCH3 is 1. The molecule has 1 aliphatic rings. The Hall–Kier alpha value is -2.16. The molecule has 0 aliphatic heterocycles. The lowest BCUT2D eigenvalue weighted by Crippen LogP contribution is -2.14. The molecule has 0 radical (unpaired) electrons. The minimum atomic E-state index is 0.370. The van der Waals surface area contributed by atoms with Gasteiger partial charge in [0.1, 0.15) is 11.5 Å². The molecule has 0 heterocycles. The Bertz CT molecular complexity index is 666. The van der Waals surface area contributed by atoms with E-state index in [1.807, 2.05) is 12.1 Å². The molecule has 3 heteroatoms. The van der Waals surface area contributed by atoms with Gasteiger partial charge in [0.25, 0.3) is 0 Å². The molecule has 1 aliphatic carbocycles. The highest BCUT2D eigenvalue weighted by atomic mass is 16.5. The number of fused-ring (bicyclic) bond motifs is 1. The van der Waals surface area contributed by atoms with Crippen molar-refractivity contribution in [2.45, 2.75) is 32.1 Å². The van der Waals surface area contributed by atoms with E-state index in [2.05, 4.69) is 30.4 Å². The Morgan fingerprint density at radius 1 is 1.18 bits per heavy atom. The van der Waals surface area contributed by atoms with Crippen LogP contribution < -0.4 is 10.1 Å². The summed E-state index contributed by atoms with van der Waals surface area (Å²) in [5.74, 6) is 1.77. The molecule has 0 spiro atoms. The topological polar surface area (TPSA) is 41.5 Å². The molecule has 1 atom stereocenters. The van der Waals surface area contributed by atoms with Crippen LogP contribution in [0.1, 0.15) is 36.0 Å². The van der Waals surface area contributed by atoms with Crippen LogP contribution in [0.2, 0.25) is 0 Å². The lowest BCUT2D eigenvalue weighted by atomic mass is 9.79. The summed E-state index contributed by atoms with van der Waals surface area (Å²) in [5, 5.41) is 13.1. The van der Waals surface area contributed by atoms with E-state index in [-0.39, 0.29) is 0 Å². The van der Waals surface area contributed by atoms with E-state index in [4.69, 9.17) is 4.74 Å². The zero-order valence-corrected chi connectivity index (χ0v) is 13.2. The number of phenolic OH excluding ortho intramolecular Hbond substituents is 1. The molecule has 2 aromatic rings. The summed E-state index contributed by atoms with van der Waals surface area (Å²) in [6, 6.07) is 12.1. The highest BCUT2D eigenvalue weighted by Gasteiger charge is 2.22. The van der Waals surface area contributed by atoms with E-state index in [1.54, 1.807) is 13.2 Å². The second-order valence-electron chi connectivity index (χ2n) is 5.88. The smallest absolute Gasteiger partial charge is 0.120 e. The first kappa shape index (κ1) is 14.8. The van der Waals surface area contributed by atoms with Crippen molar-refractivity contribution in [3.05, 3.63) is 53.1 Å². The number of hydrogen-bond acceptors (Lipinski definition) is 3. The van der Waals surface area contributed by atoms with Gasteiger partial charge >= 0.3 is 0 Å². The number of hydrogen-bond donors (Lipinski definition) is 2. The van der Waals surface area contributed by atoms with Gasteiger partial charge in [-0.05, 0) is 67.0 Å². The number of rotatable bonds is 4. The SMILES string of the molecule is CCNc1cc(OC)ccc1[C@@H]1CCc2cc(O)ccc2C1. The molecule has 3 nitrogen and oxygen atoms in total. The van der Waals surface area contributed by atoms with Crippen LogP contribution in [0.25, 0.3) is 0 Å². The number of nitrogens with one attached hydrogen (secondary N) is 1. The van der Waals surface area contributed by atoms with Gasteiger partial charge in [0.15, 0.2) is 0 Å². The van der Waals surface area contributed by atoms with E-state index in [1.165, 1.54) is 22.4 Å². The predicted molar refractivity (Wildman–Crippen MR) is 90.0 cm³/mol. The van der Waals surface area contributed by atoms with Gasteiger partial charge in [0.2, 0.25) is 0 Å². The van der Waals surface area contributed by atoms with Crippen molar-refractivity contribution < 1.29 is 9.84 Å². The third kappa shape index (κ3) is 2.89. The molecule has 3 rings (SSSR count). The van der Waals surface area contributed by atoms with E-state index in [0.717, 1.165) is 31.6 Å². The van der Waals surface area contributed by atoms with Crippen LogP contribution in [0.4, 0.5) is 5.69 Å². The van der Waals surface area contributed by atoms with E-state index in [9.17, 15) is 5.11 Å². The maximum Gasteiger partial charge on any atom is 0.120 e. The minimum Gasteiger partial charge on any atom is -0.508 e. The number of benzene rings is 2. The zero-order valence-electron chi connectivity index (χ0n) is 13.2. The zero-order chi connectivity index (χ0) is 15.5. The van der Waals surface area contributed by atoms with Crippen LogP contribution in [0.5, 0.6) is 11.5 Å². The number of aromatic hydroxyl groups is 1. The number of phenols is 1. The summed E-state index contributed by atoms with van der Waals surface area (Å²) in [7, 11) is 1.70. The lowest BCUT2D eigenvalue weighted by Gasteiger charge is -2.27. The Morgan fingerprint density at radius 3 is 2.82 bits per heavy atom. The summed E-state index contributed by atoms with van der Waals surface area (Å²) >= 11 is 0. The van der Waals surface area contributed by atoms with Crippen LogP contribution in [0.15, 0.2) is 36.4 Å². The van der Waals surface area contributed by atoms with E-state index >= 15 is 0 Å². The highest BCUT2D eigenvalue weighted by Crippen LogP contribution is 2.38. The molecular formula is C19H23NO2. The summed E-state index contributed by atoms with van der Waals surface area (Å²) in [4.78, 5) is 0. The molecule has 2 N–H and O–H groups in total. The highest BCUT2D eigenvalue weighted by molar-refractivity contribution is 5.57. The second-order valence-corrected chi connectivity index (χ2v) is 5.88. The van der Waals surface area contributed by atoms with Gasteiger partial charge in [0, 0.05) is 18.3 Å². The Balaban J connectivity index is 1.90. The normalized spacial score (nSPS) is 16.9. The lowest BCUT2D eigenvalue weighted by molar-refractivity contribution is 0.414. The summed E-state index contributed by atoms with van der Waals surface area (Å²) < 4.78 is 5.35. The number of anilines is 1. The predicted octanol–water partition coefficient (Wildman–Crippen LogP) is 4.11. The molecule has 0 aromatic heterocycles. The van der Waals surface area contributed by atoms with Crippen LogP contribution >= 0.6 is 0 Å². The average Bonchev–Trinajstić information content (AvgIpc) is 2.54. The van der Waals surface area contributed by atoms with Crippen LogP contribution in [0, 0.1) is 0 Å². The Labute approximate surface area is 131 Å². The van der Waals surface area contributed by atoms with Gasteiger partial charge in [-0.1, -0.05) is 12.1 Å². The second kappa shape index (κ2) is 6.30. The first-order valence-electron chi connectivity index (χ1n) is 7.93. The van der Waals surface area contributed by atoms with Gasteiger partial charge in [-0.25, -0.2) is 0 Å². The van der Waals surface area contributed by atoms with Crippen molar-refractivity contribution in [3.8, 4) is 11.5 Å². The fourth-order valence-electron chi connectivity index (χ4n) is 3.37. The summed E-state index contributed by atoms with van der Waals surface area (Å²) in [5.41, 5.74) is 5.18. The van der Waals surface area contributed by atoms with Gasteiger partial charge < -0.3 is 15.2 Å². The Kier molecular flexibility index (Phi) is 4.23. The van der Waals surface area contributed by atoms with E-state index in [0.29, 0.717) is 11.7 Å². The first-order valence-corrected chi connectivity index (χ1v) is 7.93. The first-order chi connectivity index (χ1) is 10.7. The number of ether oxygens (including phenoxy) is 1. The molecule has 0 amide bonds. The van der Waals surface area contributed by atoms with Crippen molar-refractivity contribution in [1.29, 1.82) is 0 Å². The molecule has 2 aromatic carbocycles. The number of aryl methyl sites for hydroxylation is 1. The monoisotopic (exact) mass is 297 g/mol. The van der Waals surface area contributed by atoms with Crippen LogP contribution in [0.3, 0.4) is 0 Å². The maximum atomic E-state index is 9.62. The standard InChI is InChI=1S/C19H23NO2/c1-3-20-19-12-17(22-2)8-9-18(19)15-5-4-14-11-16(21)7-6-13(14)10-15/h6-9,11-12,15,20-21H,3-5,10H2,1-2H3/t15-/m1/s1. The van der Waals surface area contributed by atoms with Gasteiger partial charge in [-0.15, -0.1) is 0 Å². The van der Waals surface area contributed by atoms with E-state index < -0.39 is 0 Å². The van der Waals surface area contributed by atoms with Crippen LogP contribution in [-0.2, 0) is 12.8 Å². The van der Waals surface area contributed by atoms with Crippen molar-refractivity contribution in [1.82, 2.24) is 0 Å².